The number of hydrogen-bond donors (Lipinski definition) is 1. The molecule has 2 saturated heterocycles. The van der Waals surface area contributed by atoms with E-state index in [0.29, 0.717) is 39.1 Å². The normalized spacial score (nSPS) is 33.9. The summed E-state index contributed by atoms with van der Waals surface area (Å²) in [6, 6.07) is 0.137. The molecule has 23 heavy (non-hydrogen) atoms. The fourth-order valence-electron chi connectivity index (χ4n) is 3.77. The molecule has 3 atom stereocenters. The van der Waals surface area contributed by atoms with Crippen molar-refractivity contribution in [2.45, 2.75) is 50.4 Å². The number of carbonyl (C=O) groups is 1. The van der Waals surface area contributed by atoms with Crippen LogP contribution in [0.15, 0.2) is 0 Å². The molecule has 2 heterocycles. The van der Waals surface area contributed by atoms with E-state index in [4.69, 9.17) is 9.47 Å². The van der Waals surface area contributed by atoms with Crippen molar-refractivity contribution in [3.63, 3.8) is 0 Å². The number of hydrogen-bond acceptors (Lipinski definition) is 5. The third kappa shape index (κ3) is 4.23. The van der Waals surface area contributed by atoms with Crippen LogP contribution in [0.4, 0.5) is 0 Å². The highest BCUT2D eigenvalue weighted by molar-refractivity contribution is 7.88. The third-order valence-corrected chi connectivity index (χ3v) is 6.42. The highest BCUT2D eigenvalue weighted by Crippen LogP contribution is 2.27. The number of carbonyl (C=O) groups excluding carboxylic acids is 1. The molecule has 0 spiro atoms. The second kappa shape index (κ2) is 7.04. The van der Waals surface area contributed by atoms with E-state index in [1.165, 1.54) is 10.6 Å². The lowest BCUT2D eigenvalue weighted by atomic mass is 9.88. The Balaban J connectivity index is 1.46. The average Bonchev–Trinajstić information content (AvgIpc) is 2.54. The van der Waals surface area contributed by atoms with Crippen molar-refractivity contribution in [1.82, 2.24) is 9.62 Å². The van der Waals surface area contributed by atoms with Gasteiger partial charge in [0.05, 0.1) is 31.7 Å². The van der Waals surface area contributed by atoms with Gasteiger partial charge in [0.1, 0.15) is 0 Å². The van der Waals surface area contributed by atoms with E-state index in [9.17, 15) is 13.2 Å². The predicted molar refractivity (Wildman–Crippen MR) is 84.4 cm³/mol. The van der Waals surface area contributed by atoms with Crippen LogP contribution < -0.4 is 5.32 Å². The number of nitrogens with zero attached hydrogens (tertiary/aromatic N) is 1. The van der Waals surface area contributed by atoms with Crippen molar-refractivity contribution < 1.29 is 22.7 Å². The summed E-state index contributed by atoms with van der Waals surface area (Å²) in [5.74, 6) is -0.0347. The molecule has 1 N–H and O–H groups in total. The molecule has 0 aromatic carbocycles. The fraction of sp³-hybridized carbons (Fsp3) is 0.933. The van der Waals surface area contributed by atoms with Gasteiger partial charge in [0.2, 0.25) is 15.9 Å². The lowest BCUT2D eigenvalue weighted by Gasteiger charge is -2.39. The van der Waals surface area contributed by atoms with Crippen LogP contribution in [-0.4, -0.2) is 69.4 Å². The van der Waals surface area contributed by atoms with Crippen LogP contribution in [0.5, 0.6) is 0 Å². The smallest absolute Gasteiger partial charge is 0.223 e. The van der Waals surface area contributed by atoms with Crippen LogP contribution in [0.2, 0.25) is 0 Å². The topological polar surface area (TPSA) is 84.9 Å². The monoisotopic (exact) mass is 346 g/mol. The molecule has 1 aliphatic carbocycles. The highest BCUT2D eigenvalue weighted by atomic mass is 32.2. The maximum Gasteiger partial charge on any atom is 0.223 e. The predicted octanol–water partition coefficient (Wildman–Crippen LogP) is 0.111. The standard InChI is InChI=1S/C15H26N2O5S/c1-23(19,20)17-6-4-11(5-7-17)15(18)16-12-2-3-13-14(10-12)22-9-8-21-13/h11-14H,2-10H2,1H3,(H,16,18). The second-order valence-electron chi connectivity index (χ2n) is 6.77. The summed E-state index contributed by atoms with van der Waals surface area (Å²) in [5.41, 5.74) is 0. The summed E-state index contributed by atoms with van der Waals surface area (Å²) >= 11 is 0. The van der Waals surface area contributed by atoms with Crippen molar-refractivity contribution in [2.24, 2.45) is 5.92 Å². The Kier molecular flexibility index (Phi) is 5.25. The van der Waals surface area contributed by atoms with Crippen LogP contribution in [0.1, 0.15) is 32.1 Å². The Labute approximate surface area is 137 Å². The first-order valence-corrected chi connectivity index (χ1v) is 10.3. The van der Waals surface area contributed by atoms with Crippen molar-refractivity contribution in [3.8, 4) is 0 Å². The van der Waals surface area contributed by atoms with Gasteiger partial charge in [0.15, 0.2) is 0 Å². The molecule has 8 heteroatoms. The molecule has 2 aliphatic heterocycles. The first-order chi connectivity index (χ1) is 10.9. The minimum absolute atomic E-state index is 0.0540. The van der Waals surface area contributed by atoms with Crippen LogP contribution in [0.3, 0.4) is 0 Å². The Morgan fingerprint density at radius 2 is 1.70 bits per heavy atom. The summed E-state index contributed by atoms with van der Waals surface area (Å²) in [7, 11) is -3.14. The molecule has 0 radical (unpaired) electrons. The van der Waals surface area contributed by atoms with Gasteiger partial charge in [-0.25, -0.2) is 12.7 Å². The highest BCUT2D eigenvalue weighted by Gasteiger charge is 2.36. The molecule has 3 fully saturated rings. The average molecular weight is 346 g/mol. The largest absolute Gasteiger partial charge is 0.373 e. The van der Waals surface area contributed by atoms with Gasteiger partial charge in [-0.2, -0.15) is 0 Å². The van der Waals surface area contributed by atoms with Crippen molar-refractivity contribution in [1.29, 1.82) is 0 Å². The van der Waals surface area contributed by atoms with Crippen molar-refractivity contribution in [2.75, 3.05) is 32.6 Å². The summed E-state index contributed by atoms with van der Waals surface area (Å²) in [6.07, 6.45) is 5.32. The van der Waals surface area contributed by atoms with Crippen LogP contribution in [0, 0.1) is 5.92 Å². The molecular weight excluding hydrogens is 320 g/mol. The Hall–Kier alpha value is -0.700. The van der Waals surface area contributed by atoms with Crippen molar-refractivity contribution in [3.05, 3.63) is 0 Å². The number of sulfonamides is 1. The zero-order valence-electron chi connectivity index (χ0n) is 13.6. The van der Waals surface area contributed by atoms with E-state index in [1.807, 2.05) is 0 Å². The zero-order chi connectivity index (χ0) is 16.4. The van der Waals surface area contributed by atoms with Crippen LogP contribution in [0.25, 0.3) is 0 Å². The van der Waals surface area contributed by atoms with E-state index in [0.717, 1.165) is 19.3 Å². The quantitative estimate of drug-likeness (QED) is 0.784. The Bertz CT molecular complexity index is 530. The lowest BCUT2D eigenvalue weighted by Crippen LogP contribution is -2.51. The number of fused-ring (bicyclic) bond motifs is 1. The van der Waals surface area contributed by atoms with E-state index in [1.54, 1.807) is 0 Å². The molecule has 3 aliphatic rings. The Morgan fingerprint density at radius 1 is 1.04 bits per heavy atom. The maximum absolute atomic E-state index is 12.4. The Morgan fingerprint density at radius 3 is 2.35 bits per heavy atom. The summed E-state index contributed by atoms with van der Waals surface area (Å²) in [4.78, 5) is 12.4. The van der Waals surface area contributed by atoms with Gasteiger partial charge in [-0.3, -0.25) is 4.79 Å². The molecule has 1 amide bonds. The number of nitrogens with one attached hydrogen (secondary N) is 1. The number of amides is 1. The van der Waals surface area contributed by atoms with Gasteiger partial charge in [0, 0.05) is 25.0 Å². The van der Waals surface area contributed by atoms with Gasteiger partial charge in [-0.15, -0.1) is 0 Å². The molecule has 7 nitrogen and oxygen atoms in total. The first-order valence-electron chi connectivity index (χ1n) is 8.42. The van der Waals surface area contributed by atoms with Crippen molar-refractivity contribution >= 4 is 15.9 Å². The minimum Gasteiger partial charge on any atom is -0.373 e. The van der Waals surface area contributed by atoms with E-state index in [-0.39, 0.29) is 30.1 Å². The van der Waals surface area contributed by atoms with E-state index >= 15 is 0 Å². The summed E-state index contributed by atoms with van der Waals surface area (Å²) < 4.78 is 35.9. The van der Waals surface area contributed by atoms with Gasteiger partial charge < -0.3 is 14.8 Å². The third-order valence-electron chi connectivity index (χ3n) is 5.12. The minimum atomic E-state index is -3.14. The number of piperidine rings is 1. The molecule has 132 valence electrons. The number of ether oxygens (including phenoxy) is 2. The molecule has 0 bridgehead atoms. The molecular formula is C15H26N2O5S. The van der Waals surface area contributed by atoms with Crippen LogP contribution >= 0.6 is 0 Å². The molecule has 1 saturated carbocycles. The lowest BCUT2D eigenvalue weighted by molar-refractivity contribution is -0.159. The molecule has 0 aromatic heterocycles. The van der Waals surface area contributed by atoms with Crippen LogP contribution in [-0.2, 0) is 24.3 Å². The SMILES string of the molecule is CS(=O)(=O)N1CCC(C(=O)NC2CCC3OCCOC3C2)CC1. The number of rotatable bonds is 3. The first kappa shape index (κ1) is 17.1. The molecule has 3 unspecified atom stereocenters. The molecule has 3 rings (SSSR count). The van der Waals surface area contributed by atoms with Gasteiger partial charge >= 0.3 is 0 Å². The summed E-state index contributed by atoms with van der Waals surface area (Å²) in [5, 5.41) is 3.13. The van der Waals surface area contributed by atoms with E-state index < -0.39 is 10.0 Å². The molecule has 0 aromatic rings. The fourth-order valence-corrected chi connectivity index (χ4v) is 4.64. The van der Waals surface area contributed by atoms with Gasteiger partial charge in [-0.1, -0.05) is 0 Å². The summed E-state index contributed by atoms with van der Waals surface area (Å²) in [6.45, 7) is 2.16. The van der Waals surface area contributed by atoms with E-state index in [2.05, 4.69) is 5.32 Å². The van der Waals surface area contributed by atoms with Gasteiger partial charge in [0.25, 0.3) is 0 Å². The maximum atomic E-state index is 12.4. The zero-order valence-corrected chi connectivity index (χ0v) is 14.4. The second-order valence-corrected chi connectivity index (χ2v) is 8.76. The van der Waals surface area contributed by atoms with Gasteiger partial charge in [-0.05, 0) is 32.1 Å².